The third-order valence-electron chi connectivity index (χ3n) is 9.01. The maximum Gasteiger partial charge on any atom is 0.262 e. The normalized spacial score (nSPS) is 19.6. The van der Waals surface area contributed by atoms with Crippen LogP contribution in [-0.2, 0) is 0 Å². The van der Waals surface area contributed by atoms with Crippen molar-refractivity contribution >= 4 is 33.2 Å². The van der Waals surface area contributed by atoms with Gasteiger partial charge in [0, 0.05) is 61.9 Å². The minimum atomic E-state index is -0.0812. The van der Waals surface area contributed by atoms with Crippen molar-refractivity contribution in [2.75, 3.05) is 49.1 Å². The second kappa shape index (κ2) is 10.6. The number of fused-ring (bicyclic) bond motifs is 1. The molecule has 40 heavy (non-hydrogen) atoms. The van der Waals surface area contributed by atoms with Gasteiger partial charge >= 0.3 is 0 Å². The third-order valence-corrected chi connectivity index (χ3v) is 9.91. The molecule has 2 saturated heterocycles. The van der Waals surface area contributed by atoms with Gasteiger partial charge in [-0.2, -0.15) is 5.10 Å². The van der Waals surface area contributed by atoms with E-state index < -0.39 is 0 Å². The molecule has 0 amide bonds. The van der Waals surface area contributed by atoms with Gasteiger partial charge in [-0.25, -0.2) is 14.6 Å². The number of benzene rings is 1. The Kier molecular flexibility index (Phi) is 6.83. The van der Waals surface area contributed by atoms with Crippen LogP contribution in [0.25, 0.3) is 22.3 Å². The average Bonchev–Trinajstić information content (AvgIpc) is 3.61. The number of hydrogen-bond acceptors (Lipinski definition) is 8. The third kappa shape index (κ3) is 4.81. The van der Waals surface area contributed by atoms with E-state index in [1.165, 1.54) is 24.9 Å². The number of nitrogens with one attached hydrogen (secondary N) is 1. The SMILES string of the molecule is CC(C)N1CCN(c2ccc(-c3csc(N4CC(c5nc6c(cnn6C6CCCCC6)c(=O)[nH]5)C4)n3)cc2)CC1. The lowest BCUT2D eigenvalue weighted by Crippen LogP contribution is -2.48. The molecule has 0 bridgehead atoms. The molecule has 3 fully saturated rings. The van der Waals surface area contributed by atoms with Crippen molar-refractivity contribution in [3.8, 4) is 11.3 Å². The molecular formula is C30H38N8OS. The number of aromatic amines is 1. The van der Waals surface area contributed by atoms with E-state index in [4.69, 9.17) is 9.97 Å². The van der Waals surface area contributed by atoms with Crippen LogP contribution in [0.5, 0.6) is 0 Å². The van der Waals surface area contributed by atoms with E-state index in [2.05, 4.69) is 68.3 Å². The Morgan fingerprint density at radius 2 is 1.70 bits per heavy atom. The summed E-state index contributed by atoms with van der Waals surface area (Å²) in [5.74, 6) is 0.961. The molecule has 3 aromatic heterocycles. The molecule has 0 radical (unpaired) electrons. The lowest BCUT2D eigenvalue weighted by molar-refractivity contribution is 0.209. The highest BCUT2D eigenvalue weighted by Gasteiger charge is 2.33. The molecule has 1 N–H and O–H groups in total. The highest BCUT2D eigenvalue weighted by atomic mass is 32.1. The molecule has 2 aliphatic heterocycles. The zero-order chi connectivity index (χ0) is 27.2. The van der Waals surface area contributed by atoms with Gasteiger partial charge in [-0.3, -0.25) is 9.69 Å². The van der Waals surface area contributed by atoms with E-state index in [0.717, 1.165) is 80.0 Å². The summed E-state index contributed by atoms with van der Waals surface area (Å²) in [6, 6.07) is 9.82. The van der Waals surface area contributed by atoms with Crippen LogP contribution in [0.3, 0.4) is 0 Å². The molecule has 1 aliphatic carbocycles. The van der Waals surface area contributed by atoms with Crippen molar-refractivity contribution in [3.63, 3.8) is 0 Å². The zero-order valence-corrected chi connectivity index (χ0v) is 24.2. The van der Waals surface area contributed by atoms with E-state index in [1.54, 1.807) is 17.5 Å². The molecule has 1 saturated carbocycles. The van der Waals surface area contributed by atoms with Gasteiger partial charge in [0.2, 0.25) is 0 Å². The summed E-state index contributed by atoms with van der Waals surface area (Å²) in [6.07, 6.45) is 7.63. The van der Waals surface area contributed by atoms with Crippen molar-refractivity contribution in [2.24, 2.45) is 0 Å². The number of thiazole rings is 1. The van der Waals surface area contributed by atoms with Gasteiger partial charge in [-0.15, -0.1) is 11.3 Å². The van der Waals surface area contributed by atoms with Gasteiger partial charge in [-0.05, 0) is 38.8 Å². The first-order valence-electron chi connectivity index (χ1n) is 14.8. The van der Waals surface area contributed by atoms with E-state index in [1.807, 2.05) is 4.68 Å². The van der Waals surface area contributed by atoms with Crippen LogP contribution >= 0.6 is 11.3 Å². The van der Waals surface area contributed by atoms with E-state index in [0.29, 0.717) is 17.5 Å². The van der Waals surface area contributed by atoms with Gasteiger partial charge in [0.15, 0.2) is 10.8 Å². The topological polar surface area (TPSA) is 86.2 Å². The van der Waals surface area contributed by atoms with Gasteiger partial charge in [0.1, 0.15) is 11.2 Å². The smallest absolute Gasteiger partial charge is 0.262 e. The number of aromatic nitrogens is 5. The zero-order valence-electron chi connectivity index (χ0n) is 23.4. The highest BCUT2D eigenvalue weighted by molar-refractivity contribution is 7.14. The lowest BCUT2D eigenvalue weighted by atomic mass is 9.96. The molecule has 1 aromatic carbocycles. The number of hydrogen-bond donors (Lipinski definition) is 1. The molecule has 4 aromatic rings. The fourth-order valence-electron chi connectivity index (χ4n) is 6.43. The summed E-state index contributed by atoms with van der Waals surface area (Å²) in [4.78, 5) is 33.1. The minimum absolute atomic E-state index is 0.0812. The average molecular weight is 559 g/mol. The Morgan fingerprint density at radius 3 is 2.42 bits per heavy atom. The molecule has 210 valence electrons. The molecule has 10 heteroatoms. The highest BCUT2D eigenvalue weighted by Crippen LogP contribution is 2.35. The first-order chi connectivity index (χ1) is 19.5. The predicted molar refractivity (Wildman–Crippen MR) is 162 cm³/mol. The maximum atomic E-state index is 12.8. The summed E-state index contributed by atoms with van der Waals surface area (Å²) in [7, 11) is 0. The predicted octanol–water partition coefficient (Wildman–Crippen LogP) is 4.88. The summed E-state index contributed by atoms with van der Waals surface area (Å²) in [5, 5.41) is 8.34. The van der Waals surface area contributed by atoms with Crippen LogP contribution in [0.15, 0.2) is 40.6 Å². The van der Waals surface area contributed by atoms with E-state index in [-0.39, 0.29) is 11.5 Å². The number of anilines is 2. The van der Waals surface area contributed by atoms with Crippen LogP contribution in [0.2, 0.25) is 0 Å². The number of rotatable bonds is 6. The van der Waals surface area contributed by atoms with Gasteiger partial charge in [0.25, 0.3) is 5.56 Å². The van der Waals surface area contributed by atoms with Crippen LogP contribution < -0.4 is 15.4 Å². The second-order valence-corrected chi connectivity index (χ2v) is 12.7. The van der Waals surface area contributed by atoms with E-state index in [9.17, 15) is 4.79 Å². The maximum absolute atomic E-state index is 12.8. The number of piperazine rings is 1. The fraction of sp³-hybridized carbons (Fsp3) is 0.533. The molecule has 5 heterocycles. The molecule has 0 atom stereocenters. The molecule has 9 nitrogen and oxygen atoms in total. The van der Waals surface area contributed by atoms with Gasteiger partial charge in [0.05, 0.1) is 23.9 Å². The standard InChI is InChI=1S/C30H38N8OS/c1-20(2)35-12-14-36(15-13-35)23-10-8-21(9-11-23)26-19-40-30(32-26)37-17-22(18-37)27-33-28-25(29(39)34-27)16-31-38(28)24-6-4-3-5-7-24/h8-11,16,19-20,22,24H,3-7,12-15,17-18H2,1-2H3,(H,33,34,39). The molecule has 0 spiro atoms. The fourth-order valence-corrected chi connectivity index (χ4v) is 7.28. The summed E-state index contributed by atoms with van der Waals surface area (Å²) in [6.45, 7) is 10.5. The van der Waals surface area contributed by atoms with Gasteiger partial charge < -0.3 is 14.8 Å². The Hall–Kier alpha value is -3.24. The summed E-state index contributed by atoms with van der Waals surface area (Å²) >= 11 is 1.68. The monoisotopic (exact) mass is 558 g/mol. The van der Waals surface area contributed by atoms with Crippen LogP contribution in [0.1, 0.15) is 63.7 Å². The number of H-pyrrole nitrogens is 1. The minimum Gasteiger partial charge on any atom is -0.369 e. The second-order valence-electron chi connectivity index (χ2n) is 11.9. The first-order valence-corrected chi connectivity index (χ1v) is 15.7. The molecule has 3 aliphatic rings. The van der Waals surface area contributed by atoms with Crippen LogP contribution in [-0.4, -0.2) is 74.9 Å². The van der Waals surface area contributed by atoms with Crippen molar-refractivity contribution < 1.29 is 0 Å². The van der Waals surface area contributed by atoms with Crippen LogP contribution in [0, 0.1) is 0 Å². The molecule has 7 rings (SSSR count). The molecular weight excluding hydrogens is 520 g/mol. The number of nitrogens with zero attached hydrogens (tertiary/aromatic N) is 7. The quantitative estimate of drug-likeness (QED) is 0.361. The first kappa shape index (κ1) is 25.7. The Labute approximate surface area is 238 Å². The summed E-state index contributed by atoms with van der Waals surface area (Å²) < 4.78 is 2.01. The Bertz CT molecular complexity index is 1520. The van der Waals surface area contributed by atoms with Crippen molar-refractivity contribution in [1.82, 2.24) is 29.6 Å². The Balaban J connectivity index is 1.01. The van der Waals surface area contributed by atoms with Gasteiger partial charge in [-0.1, -0.05) is 31.4 Å². The van der Waals surface area contributed by atoms with Crippen molar-refractivity contribution in [2.45, 2.75) is 64.0 Å². The van der Waals surface area contributed by atoms with Crippen molar-refractivity contribution in [1.29, 1.82) is 0 Å². The van der Waals surface area contributed by atoms with E-state index >= 15 is 0 Å². The lowest BCUT2D eigenvalue weighted by Gasteiger charge is -2.38. The van der Waals surface area contributed by atoms with Crippen LogP contribution in [0.4, 0.5) is 10.8 Å². The Morgan fingerprint density at radius 1 is 0.950 bits per heavy atom. The largest absolute Gasteiger partial charge is 0.369 e. The molecule has 0 unspecified atom stereocenters. The summed E-state index contributed by atoms with van der Waals surface area (Å²) in [5.41, 5.74) is 4.12. The van der Waals surface area contributed by atoms with Crippen molar-refractivity contribution in [3.05, 3.63) is 52.0 Å².